The van der Waals surface area contributed by atoms with Crippen molar-refractivity contribution in [3.63, 3.8) is 0 Å². The fourth-order valence-electron chi connectivity index (χ4n) is 3.08. The van der Waals surface area contributed by atoms with Crippen molar-refractivity contribution >= 4 is 16.7 Å². The van der Waals surface area contributed by atoms with Gasteiger partial charge in [-0.15, -0.1) is 0 Å². The summed E-state index contributed by atoms with van der Waals surface area (Å²) in [5, 5.41) is 12.4. The van der Waals surface area contributed by atoms with Crippen molar-refractivity contribution < 1.29 is 9.66 Å². The van der Waals surface area contributed by atoms with Crippen molar-refractivity contribution in [2.24, 2.45) is 0 Å². The number of fused-ring (bicyclic) bond motifs is 1. The lowest BCUT2D eigenvalue weighted by Gasteiger charge is -2.15. The molecule has 7 nitrogen and oxygen atoms in total. The van der Waals surface area contributed by atoms with Gasteiger partial charge in [0, 0.05) is 23.7 Å². The second-order valence-electron chi connectivity index (χ2n) is 5.87. The summed E-state index contributed by atoms with van der Waals surface area (Å²) in [6, 6.07) is 10.4. The van der Waals surface area contributed by atoms with Gasteiger partial charge in [-0.1, -0.05) is 31.5 Å². The second-order valence-corrected chi connectivity index (χ2v) is 5.87. The van der Waals surface area contributed by atoms with Crippen LogP contribution in [0.15, 0.2) is 47.4 Å². The van der Waals surface area contributed by atoms with Gasteiger partial charge in [-0.25, -0.2) is 4.98 Å². The second kappa shape index (κ2) is 7.35. The molecular weight excluding hydrogens is 334 g/mol. The molecule has 0 saturated heterocycles. The number of pyridine rings is 2. The molecule has 0 aliphatic carbocycles. The lowest BCUT2D eigenvalue weighted by Crippen LogP contribution is -2.25. The van der Waals surface area contributed by atoms with Crippen molar-refractivity contribution in [2.75, 3.05) is 7.11 Å². The largest absolute Gasteiger partial charge is 0.496 e. The fourth-order valence-corrected chi connectivity index (χ4v) is 3.08. The molecule has 0 aliphatic rings. The number of nitrogens with zero attached hydrogens (tertiary/aromatic N) is 3. The van der Waals surface area contributed by atoms with Crippen LogP contribution in [-0.2, 0) is 6.54 Å². The van der Waals surface area contributed by atoms with Crippen LogP contribution in [0, 0.1) is 10.1 Å². The minimum atomic E-state index is -0.643. The first-order valence-corrected chi connectivity index (χ1v) is 8.39. The van der Waals surface area contributed by atoms with E-state index in [4.69, 9.17) is 4.74 Å². The molecule has 0 N–H and O–H groups in total. The molecule has 0 aliphatic heterocycles. The fraction of sp³-hybridized carbons (Fsp3) is 0.263. The summed E-state index contributed by atoms with van der Waals surface area (Å²) < 4.78 is 6.77. The third-order valence-electron chi connectivity index (χ3n) is 4.29. The SMILES string of the molecule is CCCCn1c(=O)c([N+](=O)[O-])c(-c2ccccc2OC)c2cccnc21. The summed E-state index contributed by atoms with van der Waals surface area (Å²) in [5.41, 5.74) is 0.0897. The lowest BCUT2D eigenvalue weighted by molar-refractivity contribution is -0.385. The molecule has 1 aromatic carbocycles. The molecule has 3 aromatic rings. The molecule has 0 radical (unpaired) electrons. The predicted octanol–water partition coefficient (Wildman–Crippen LogP) is 3.78. The van der Waals surface area contributed by atoms with Gasteiger partial charge in [-0.2, -0.15) is 0 Å². The van der Waals surface area contributed by atoms with Crippen LogP contribution in [0.25, 0.3) is 22.2 Å². The Balaban J connectivity index is 2.48. The molecule has 7 heteroatoms. The van der Waals surface area contributed by atoms with E-state index in [1.165, 1.54) is 11.7 Å². The molecule has 0 fully saturated rings. The standard InChI is InChI=1S/C19H19N3O4/c1-3-4-12-21-18-14(9-7-11-20-18)16(17(19(21)23)22(24)25)13-8-5-6-10-15(13)26-2/h5-11H,3-4,12H2,1-2H3. The number of hydrogen-bond donors (Lipinski definition) is 0. The van der Waals surface area contributed by atoms with Crippen molar-refractivity contribution in [1.82, 2.24) is 9.55 Å². The Labute approximate surface area is 150 Å². The molecule has 26 heavy (non-hydrogen) atoms. The average molecular weight is 353 g/mol. The average Bonchev–Trinajstić information content (AvgIpc) is 2.66. The first-order valence-electron chi connectivity index (χ1n) is 8.39. The van der Waals surface area contributed by atoms with Gasteiger partial charge in [0.1, 0.15) is 11.4 Å². The number of benzene rings is 1. The summed E-state index contributed by atoms with van der Waals surface area (Å²) in [7, 11) is 1.49. The molecule has 0 unspecified atom stereocenters. The number of methoxy groups -OCH3 is 1. The number of unbranched alkanes of at least 4 members (excludes halogenated alkanes) is 1. The van der Waals surface area contributed by atoms with Gasteiger partial charge in [0.25, 0.3) is 0 Å². The van der Waals surface area contributed by atoms with Gasteiger partial charge in [0.15, 0.2) is 0 Å². The normalized spacial score (nSPS) is 10.8. The highest BCUT2D eigenvalue weighted by atomic mass is 16.6. The molecule has 2 heterocycles. The quantitative estimate of drug-likeness (QED) is 0.497. The zero-order valence-corrected chi connectivity index (χ0v) is 14.6. The van der Waals surface area contributed by atoms with Crippen LogP contribution in [0.4, 0.5) is 5.69 Å². The van der Waals surface area contributed by atoms with Crippen molar-refractivity contribution in [2.45, 2.75) is 26.3 Å². The number of aromatic nitrogens is 2. The Morgan fingerprint density at radius 1 is 1.23 bits per heavy atom. The van der Waals surface area contributed by atoms with E-state index in [2.05, 4.69) is 4.98 Å². The first-order chi connectivity index (χ1) is 12.6. The highest BCUT2D eigenvalue weighted by Crippen LogP contribution is 2.38. The van der Waals surface area contributed by atoms with Gasteiger partial charge >= 0.3 is 11.2 Å². The van der Waals surface area contributed by atoms with E-state index in [1.54, 1.807) is 42.6 Å². The smallest absolute Gasteiger partial charge is 0.342 e. The number of ether oxygens (including phenoxy) is 1. The van der Waals surface area contributed by atoms with Crippen LogP contribution < -0.4 is 10.3 Å². The van der Waals surface area contributed by atoms with Crippen molar-refractivity contribution in [1.29, 1.82) is 0 Å². The Kier molecular flexibility index (Phi) is 4.97. The minimum absolute atomic E-state index is 0.244. The van der Waals surface area contributed by atoms with E-state index in [0.717, 1.165) is 12.8 Å². The Bertz CT molecular complexity index is 1030. The molecule has 0 atom stereocenters. The van der Waals surface area contributed by atoms with Crippen LogP contribution in [0.2, 0.25) is 0 Å². The van der Waals surface area contributed by atoms with E-state index in [9.17, 15) is 14.9 Å². The topological polar surface area (TPSA) is 87.3 Å². The maximum atomic E-state index is 13.0. The number of aryl methyl sites for hydroxylation is 1. The molecule has 3 rings (SSSR count). The Morgan fingerprint density at radius 3 is 2.69 bits per heavy atom. The molecule has 0 spiro atoms. The zero-order chi connectivity index (χ0) is 18.7. The highest BCUT2D eigenvalue weighted by Gasteiger charge is 2.28. The number of nitro groups is 1. The summed E-state index contributed by atoms with van der Waals surface area (Å²) in [6.45, 7) is 2.38. The molecule has 0 bridgehead atoms. The number of rotatable bonds is 6. The third kappa shape index (κ3) is 2.92. The van der Waals surface area contributed by atoms with Crippen LogP contribution in [0.1, 0.15) is 19.8 Å². The highest BCUT2D eigenvalue weighted by molar-refractivity contribution is 5.99. The van der Waals surface area contributed by atoms with Crippen LogP contribution >= 0.6 is 0 Å². The summed E-state index contributed by atoms with van der Waals surface area (Å²) >= 11 is 0. The van der Waals surface area contributed by atoms with Gasteiger partial charge in [0.05, 0.1) is 17.6 Å². The molecule has 134 valence electrons. The third-order valence-corrected chi connectivity index (χ3v) is 4.29. The molecule has 2 aromatic heterocycles. The van der Waals surface area contributed by atoms with Crippen LogP contribution in [0.5, 0.6) is 5.75 Å². The number of hydrogen-bond acceptors (Lipinski definition) is 5. The van der Waals surface area contributed by atoms with E-state index < -0.39 is 16.2 Å². The zero-order valence-electron chi connectivity index (χ0n) is 14.6. The van der Waals surface area contributed by atoms with Crippen LogP contribution in [-0.4, -0.2) is 21.6 Å². The van der Waals surface area contributed by atoms with E-state index in [0.29, 0.717) is 28.9 Å². The number of para-hydroxylation sites is 1. The van der Waals surface area contributed by atoms with Gasteiger partial charge in [-0.05, 0) is 24.6 Å². The summed E-state index contributed by atoms with van der Waals surface area (Å²) in [6.07, 6.45) is 3.18. The van der Waals surface area contributed by atoms with Gasteiger partial charge in [-0.3, -0.25) is 19.5 Å². The van der Waals surface area contributed by atoms with Gasteiger partial charge in [0.2, 0.25) is 0 Å². The lowest BCUT2D eigenvalue weighted by atomic mass is 9.99. The Morgan fingerprint density at radius 2 is 2.00 bits per heavy atom. The maximum Gasteiger partial charge on any atom is 0.342 e. The van der Waals surface area contributed by atoms with Crippen LogP contribution in [0.3, 0.4) is 0 Å². The minimum Gasteiger partial charge on any atom is -0.496 e. The maximum absolute atomic E-state index is 13.0. The molecule has 0 saturated carbocycles. The first kappa shape index (κ1) is 17.6. The van der Waals surface area contributed by atoms with Crippen molar-refractivity contribution in [3.05, 3.63) is 63.1 Å². The summed E-state index contributed by atoms with van der Waals surface area (Å²) in [5.74, 6) is 0.464. The Hall–Kier alpha value is -3.22. The van der Waals surface area contributed by atoms with Crippen molar-refractivity contribution in [3.8, 4) is 16.9 Å². The molecule has 0 amide bonds. The van der Waals surface area contributed by atoms with E-state index in [1.807, 2.05) is 6.92 Å². The van der Waals surface area contributed by atoms with E-state index >= 15 is 0 Å². The monoisotopic (exact) mass is 353 g/mol. The predicted molar refractivity (Wildman–Crippen MR) is 99.6 cm³/mol. The summed E-state index contributed by atoms with van der Waals surface area (Å²) in [4.78, 5) is 28.5. The van der Waals surface area contributed by atoms with Gasteiger partial charge < -0.3 is 4.74 Å². The van der Waals surface area contributed by atoms with E-state index in [-0.39, 0.29) is 5.56 Å². The molecular formula is C19H19N3O4.